The Morgan fingerprint density at radius 1 is 1.43 bits per heavy atom. The monoisotopic (exact) mass is 320 g/mol. The molecule has 1 amide bonds. The van der Waals surface area contributed by atoms with E-state index in [1.807, 2.05) is 0 Å². The first-order valence-corrected chi connectivity index (χ1v) is 6.99. The van der Waals surface area contributed by atoms with E-state index >= 15 is 0 Å². The number of rotatable bonds is 3. The number of benzene rings is 1. The molecule has 0 aromatic heterocycles. The lowest BCUT2D eigenvalue weighted by Crippen LogP contribution is -2.59. The molecule has 0 N–H and O–H groups in total. The number of amides is 1. The summed E-state index contributed by atoms with van der Waals surface area (Å²) in [6, 6.07) is 6.26. The van der Waals surface area contributed by atoms with E-state index in [0.29, 0.717) is 0 Å². The molecule has 0 radical (unpaired) electrons. The summed E-state index contributed by atoms with van der Waals surface area (Å²) in [5.41, 5.74) is 8.91. The minimum atomic E-state index is -1.70. The Balaban J connectivity index is 1.82. The SMILES string of the molecule is [N-]=[N+]=N[C@H]1CN2C(=O)OC[C@@H]2[C@@H](F)[C@@H]1OC(=O)c1ccccc1. The van der Waals surface area contributed by atoms with Crippen LogP contribution >= 0.6 is 0 Å². The van der Waals surface area contributed by atoms with E-state index in [-0.39, 0.29) is 18.7 Å². The van der Waals surface area contributed by atoms with Crippen molar-refractivity contribution in [2.45, 2.75) is 24.4 Å². The second kappa shape index (κ2) is 6.13. The van der Waals surface area contributed by atoms with Crippen LogP contribution in [0.15, 0.2) is 35.4 Å². The van der Waals surface area contributed by atoms with Crippen molar-refractivity contribution in [2.75, 3.05) is 13.2 Å². The van der Waals surface area contributed by atoms with Crippen molar-refractivity contribution >= 4 is 12.1 Å². The number of carbonyl (C=O) groups is 2. The van der Waals surface area contributed by atoms with Crippen LogP contribution in [0.3, 0.4) is 0 Å². The lowest BCUT2D eigenvalue weighted by atomic mass is 9.95. The van der Waals surface area contributed by atoms with E-state index in [1.54, 1.807) is 18.2 Å². The summed E-state index contributed by atoms with van der Waals surface area (Å²) >= 11 is 0. The van der Waals surface area contributed by atoms with E-state index in [9.17, 15) is 14.0 Å². The smallest absolute Gasteiger partial charge is 0.410 e. The molecular weight excluding hydrogens is 307 g/mol. The number of halogens is 1. The van der Waals surface area contributed by atoms with Crippen molar-refractivity contribution in [3.63, 3.8) is 0 Å². The molecule has 4 atom stereocenters. The highest BCUT2D eigenvalue weighted by atomic mass is 19.1. The fourth-order valence-electron chi connectivity index (χ4n) is 2.75. The maximum absolute atomic E-state index is 14.7. The number of hydrogen-bond donors (Lipinski definition) is 0. The van der Waals surface area contributed by atoms with Crippen LogP contribution < -0.4 is 0 Å². The molecule has 3 rings (SSSR count). The van der Waals surface area contributed by atoms with E-state index in [4.69, 9.17) is 15.0 Å². The number of cyclic esters (lactones) is 1. The molecular formula is C14H13FN4O4. The lowest BCUT2D eigenvalue weighted by Gasteiger charge is -2.38. The van der Waals surface area contributed by atoms with Crippen molar-refractivity contribution < 1.29 is 23.5 Å². The summed E-state index contributed by atoms with van der Waals surface area (Å²) in [4.78, 5) is 27.5. The Hall–Kier alpha value is -2.80. The van der Waals surface area contributed by atoms with Crippen LogP contribution in [0.2, 0.25) is 0 Å². The number of esters is 1. The van der Waals surface area contributed by atoms with Gasteiger partial charge < -0.3 is 9.47 Å². The van der Waals surface area contributed by atoms with Crippen LogP contribution in [0, 0.1) is 0 Å². The third-order valence-corrected chi connectivity index (χ3v) is 3.91. The Bertz CT molecular complexity index is 664. The number of piperidine rings is 1. The number of carbonyl (C=O) groups excluding carboxylic acids is 2. The molecule has 8 nitrogen and oxygen atoms in total. The molecule has 2 heterocycles. The molecule has 120 valence electrons. The third kappa shape index (κ3) is 2.78. The molecule has 0 unspecified atom stereocenters. The van der Waals surface area contributed by atoms with Gasteiger partial charge in [-0.15, -0.1) is 0 Å². The summed E-state index contributed by atoms with van der Waals surface area (Å²) < 4.78 is 24.7. The van der Waals surface area contributed by atoms with Gasteiger partial charge in [0.15, 0.2) is 6.17 Å². The molecule has 0 saturated carbocycles. The number of hydrogen-bond acceptors (Lipinski definition) is 5. The maximum Gasteiger partial charge on any atom is 0.410 e. The molecule has 2 fully saturated rings. The normalized spacial score (nSPS) is 29.3. The first kappa shape index (κ1) is 15.1. The number of alkyl halides is 1. The van der Waals surface area contributed by atoms with Gasteiger partial charge in [-0.25, -0.2) is 14.0 Å². The molecule has 1 aromatic rings. The van der Waals surface area contributed by atoms with Gasteiger partial charge in [-0.2, -0.15) is 0 Å². The Morgan fingerprint density at radius 3 is 2.87 bits per heavy atom. The second-order valence-electron chi connectivity index (χ2n) is 5.25. The second-order valence-corrected chi connectivity index (χ2v) is 5.25. The first-order valence-electron chi connectivity index (χ1n) is 6.99. The van der Waals surface area contributed by atoms with Crippen molar-refractivity contribution in [1.82, 2.24) is 4.90 Å². The highest BCUT2D eigenvalue weighted by molar-refractivity contribution is 5.89. The zero-order valence-corrected chi connectivity index (χ0v) is 11.9. The fourth-order valence-corrected chi connectivity index (χ4v) is 2.75. The molecule has 0 aliphatic carbocycles. The van der Waals surface area contributed by atoms with Crippen LogP contribution in [0.1, 0.15) is 10.4 Å². The molecule has 23 heavy (non-hydrogen) atoms. The summed E-state index contributed by atoms with van der Waals surface area (Å²) in [5, 5.41) is 3.47. The summed E-state index contributed by atoms with van der Waals surface area (Å²) in [6.45, 7) is -0.177. The van der Waals surface area contributed by atoms with Gasteiger partial charge in [0.05, 0.1) is 11.6 Å². The van der Waals surface area contributed by atoms with Crippen LogP contribution in [0.4, 0.5) is 9.18 Å². The highest BCUT2D eigenvalue weighted by Gasteiger charge is 2.51. The Labute approximate surface area is 130 Å². The Morgan fingerprint density at radius 2 is 2.17 bits per heavy atom. The fraction of sp³-hybridized carbons (Fsp3) is 0.429. The van der Waals surface area contributed by atoms with Gasteiger partial charge in [0.1, 0.15) is 18.8 Å². The van der Waals surface area contributed by atoms with Crippen molar-refractivity contribution in [3.05, 3.63) is 46.3 Å². The maximum atomic E-state index is 14.7. The average Bonchev–Trinajstić information content (AvgIpc) is 2.93. The van der Waals surface area contributed by atoms with E-state index in [1.165, 1.54) is 12.1 Å². The zero-order valence-electron chi connectivity index (χ0n) is 11.9. The molecule has 0 bridgehead atoms. The minimum Gasteiger partial charge on any atom is -0.455 e. The van der Waals surface area contributed by atoms with E-state index < -0.39 is 36.4 Å². The van der Waals surface area contributed by atoms with Gasteiger partial charge >= 0.3 is 12.1 Å². The van der Waals surface area contributed by atoms with Crippen LogP contribution in [-0.2, 0) is 9.47 Å². The van der Waals surface area contributed by atoms with Gasteiger partial charge in [0.25, 0.3) is 0 Å². The zero-order chi connectivity index (χ0) is 16.4. The minimum absolute atomic E-state index is 0.0548. The molecule has 2 aliphatic heterocycles. The molecule has 1 aromatic carbocycles. The molecule has 2 saturated heterocycles. The van der Waals surface area contributed by atoms with Crippen molar-refractivity contribution in [2.24, 2.45) is 5.11 Å². The summed E-state index contributed by atoms with van der Waals surface area (Å²) in [5.74, 6) is -0.713. The van der Waals surface area contributed by atoms with Crippen LogP contribution in [0.5, 0.6) is 0 Å². The largest absolute Gasteiger partial charge is 0.455 e. The van der Waals surface area contributed by atoms with Crippen LogP contribution in [-0.4, -0.2) is 54.5 Å². The van der Waals surface area contributed by atoms with Gasteiger partial charge in [0, 0.05) is 11.5 Å². The molecule has 9 heteroatoms. The predicted molar refractivity (Wildman–Crippen MR) is 75.3 cm³/mol. The van der Waals surface area contributed by atoms with Crippen molar-refractivity contribution in [1.29, 1.82) is 0 Å². The first-order chi connectivity index (χ1) is 11.1. The Kier molecular flexibility index (Phi) is 4.03. The van der Waals surface area contributed by atoms with Gasteiger partial charge in [0.2, 0.25) is 0 Å². The third-order valence-electron chi connectivity index (χ3n) is 3.91. The van der Waals surface area contributed by atoms with Gasteiger partial charge in [-0.05, 0) is 17.7 Å². The predicted octanol–water partition coefficient (Wildman–Crippen LogP) is 2.06. The van der Waals surface area contributed by atoms with Gasteiger partial charge in [-0.1, -0.05) is 23.3 Å². The van der Waals surface area contributed by atoms with E-state index in [0.717, 1.165) is 4.90 Å². The highest BCUT2D eigenvalue weighted by Crippen LogP contribution is 2.30. The van der Waals surface area contributed by atoms with Gasteiger partial charge in [-0.3, -0.25) is 4.90 Å². The number of fused-ring (bicyclic) bond motifs is 1. The topological polar surface area (TPSA) is 105 Å². The molecule has 2 aliphatic rings. The summed E-state index contributed by atoms with van der Waals surface area (Å²) in [6.07, 6.45) is -3.63. The average molecular weight is 320 g/mol. The molecule has 0 spiro atoms. The number of azide groups is 1. The van der Waals surface area contributed by atoms with E-state index in [2.05, 4.69) is 10.0 Å². The van der Waals surface area contributed by atoms with Crippen LogP contribution in [0.25, 0.3) is 10.4 Å². The number of ether oxygens (including phenoxy) is 2. The van der Waals surface area contributed by atoms with Crippen molar-refractivity contribution in [3.8, 4) is 0 Å². The lowest BCUT2D eigenvalue weighted by molar-refractivity contribution is -0.0427. The standard InChI is InChI=1S/C14H13FN4O4/c15-11-10-7-22-14(21)19(10)6-9(17-18-16)12(11)23-13(20)8-4-2-1-3-5-8/h1-5,9-12H,6-7H2/t9-,10+,11+,12+/m0/s1. The quantitative estimate of drug-likeness (QED) is 0.368. The number of nitrogens with zero attached hydrogens (tertiary/aromatic N) is 4. The summed E-state index contributed by atoms with van der Waals surface area (Å²) in [7, 11) is 0.